The molecule has 0 saturated heterocycles. The third-order valence-corrected chi connectivity index (χ3v) is 3.62. The molecule has 0 aliphatic heterocycles. The Morgan fingerprint density at radius 3 is 2.60 bits per heavy atom. The van der Waals surface area contributed by atoms with Gasteiger partial charge in [0.1, 0.15) is 5.41 Å². The summed E-state index contributed by atoms with van der Waals surface area (Å²) in [6.45, 7) is 0. The highest BCUT2D eigenvalue weighted by Gasteiger charge is 2.46. The molecular formula is C11H16N2O2. The van der Waals surface area contributed by atoms with Crippen LogP contribution in [0.3, 0.4) is 0 Å². The van der Waals surface area contributed by atoms with E-state index in [1.54, 1.807) is 7.11 Å². The molecule has 0 heterocycles. The molecule has 1 N–H and O–H groups in total. The maximum absolute atomic E-state index is 11.8. The number of hydrogen-bond donors (Lipinski definition) is 1. The van der Waals surface area contributed by atoms with E-state index < -0.39 is 5.41 Å². The highest BCUT2D eigenvalue weighted by atomic mass is 16.5. The van der Waals surface area contributed by atoms with Crippen LogP contribution in [0.5, 0.6) is 0 Å². The molecule has 0 aromatic heterocycles. The van der Waals surface area contributed by atoms with E-state index in [9.17, 15) is 4.79 Å². The normalized spacial score (nSPS) is 32.0. The first-order chi connectivity index (χ1) is 7.20. The Labute approximate surface area is 89.6 Å². The molecular weight excluding hydrogens is 192 g/mol. The average molecular weight is 208 g/mol. The van der Waals surface area contributed by atoms with E-state index in [0.717, 1.165) is 32.1 Å². The fourth-order valence-electron chi connectivity index (χ4n) is 2.12. The molecule has 2 aliphatic carbocycles. The quantitative estimate of drug-likeness (QED) is 0.751. The van der Waals surface area contributed by atoms with Crippen LogP contribution < -0.4 is 5.32 Å². The van der Waals surface area contributed by atoms with Crippen LogP contribution in [0.25, 0.3) is 0 Å². The summed E-state index contributed by atoms with van der Waals surface area (Å²) in [7, 11) is 1.69. The summed E-state index contributed by atoms with van der Waals surface area (Å²) in [6.07, 6.45) is 4.47. The van der Waals surface area contributed by atoms with Gasteiger partial charge in [0.2, 0.25) is 5.91 Å². The van der Waals surface area contributed by atoms with Crippen molar-refractivity contribution in [1.82, 2.24) is 5.32 Å². The summed E-state index contributed by atoms with van der Waals surface area (Å²) in [5.41, 5.74) is -0.710. The van der Waals surface area contributed by atoms with E-state index in [-0.39, 0.29) is 18.1 Å². The van der Waals surface area contributed by atoms with Gasteiger partial charge in [-0.1, -0.05) is 0 Å². The number of carbonyl (C=O) groups is 1. The molecule has 0 bridgehead atoms. The van der Waals surface area contributed by atoms with Gasteiger partial charge in [-0.15, -0.1) is 0 Å². The smallest absolute Gasteiger partial charge is 0.240 e. The van der Waals surface area contributed by atoms with Gasteiger partial charge in [0.05, 0.1) is 12.2 Å². The lowest BCUT2D eigenvalue weighted by atomic mass is 9.69. The molecule has 0 unspecified atom stereocenters. The Hall–Kier alpha value is -1.08. The maximum atomic E-state index is 11.8. The van der Waals surface area contributed by atoms with Gasteiger partial charge in [-0.05, 0) is 32.1 Å². The molecule has 82 valence electrons. The second-order valence-electron chi connectivity index (χ2n) is 4.55. The number of ether oxygens (including phenoxy) is 1. The number of methoxy groups -OCH3 is 1. The van der Waals surface area contributed by atoms with Crippen LogP contribution in [-0.4, -0.2) is 25.2 Å². The predicted molar refractivity (Wildman–Crippen MR) is 53.9 cm³/mol. The second kappa shape index (κ2) is 3.82. The highest BCUT2D eigenvalue weighted by molar-refractivity contribution is 5.86. The number of rotatable bonds is 3. The van der Waals surface area contributed by atoms with Crippen LogP contribution in [-0.2, 0) is 9.53 Å². The lowest BCUT2D eigenvalue weighted by molar-refractivity contribution is -0.134. The second-order valence-corrected chi connectivity index (χ2v) is 4.55. The third-order valence-electron chi connectivity index (χ3n) is 3.62. The number of hydrogen-bond acceptors (Lipinski definition) is 3. The van der Waals surface area contributed by atoms with Crippen LogP contribution in [0.4, 0.5) is 0 Å². The zero-order chi connectivity index (χ0) is 10.9. The van der Waals surface area contributed by atoms with Gasteiger partial charge in [0.25, 0.3) is 0 Å². The van der Waals surface area contributed by atoms with Crippen molar-refractivity contribution in [2.75, 3.05) is 7.11 Å². The number of nitriles is 1. The molecule has 4 heteroatoms. The first-order valence-electron chi connectivity index (χ1n) is 5.45. The minimum atomic E-state index is -0.710. The van der Waals surface area contributed by atoms with E-state index in [4.69, 9.17) is 10.00 Å². The summed E-state index contributed by atoms with van der Waals surface area (Å²) in [5.74, 6) is -0.0733. The molecule has 1 amide bonds. The molecule has 2 aliphatic rings. The van der Waals surface area contributed by atoms with Crippen molar-refractivity contribution in [2.24, 2.45) is 5.41 Å². The van der Waals surface area contributed by atoms with Gasteiger partial charge in [0, 0.05) is 13.2 Å². The number of amides is 1. The van der Waals surface area contributed by atoms with Gasteiger partial charge in [-0.3, -0.25) is 4.79 Å². The summed E-state index contributed by atoms with van der Waals surface area (Å²) in [4.78, 5) is 11.8. The van der Waals surface area contributed by atoms with Crippen LogP contribution >= 0.6 is 0 Å². The average Bonchev–Trinajstić information content (AvgIpc) is 2.09. The first kappa shape index (κ1) is 10.4. The van der Waals surface area contributed by atoms with E-state index in [2.05, 4.69) is 11.4 Å². The molecule has 2 saturated carbocycles. The first-order valence-corrected chi connectivity index (χ1v) is 5.45. The zero-order valence-electron chi connectivity index (χ0n) is 8.95. The Bertz CT molecular complexity index is 298. The number of nitrogens with one attached hydrogen (secondary N) is 1. The molecule has 0 aromatic rings. The molecule has 2 fully saturated rings. The summed E-state index contributed by atoms with van der Waals surface area (Å²) < 4.78 is 5.13. The van der Waals surface area contributed by atoms with E-state index in [1.165, 1.54) is 0 Å². The van der Waals surface area contributed by atoms with Crippen LogP contribution in [0.15, 0.2) is 0 Å². The summed E-state index contributed by atoms with van der Waals surface area (Å²) in [5, 5.41) is 11.9. The van der Waals surface area contributed by atoms with Gasteiger partial charge < -0.3 is 10.1 Å². The lowest BCUT2D eigenvalue weighted by Gasteiger charge is -2.39. The van der Waals surface area contributed by atoms with E-state index in [1.807, 2.05) is 0 Å². The number of nitrogens with zero attached hydrogens (tertiary/aromatic N) is 1. The zero-order valence-corrected chi connectivity index (χ0v) is 8.95. The van der Waals surface area contributed by atoms with Crippen LogP contribution in [0, 0.1) is 16.7 Å². The standard InChI is InChI=1S/C11H16N2O2/c1-15-9-5-8(6-9)13-10(14)11(7-12)3-2-4-11/h8-9H,2-6H2,1H3,(H,13,14). The lowest BCUT2D eigenvalue weighted by Crippen LogP contribution is -2.53. The largest absolute Gasteiger partial charge is 0.381 e. The van der Waals surface area contributed by atoms with E-state index in [0.29, 0.717) is 0 Å². The minimum absolute atomic E-state index is 0.0733. The number of carbonyl (C=O) groups excluding carboxylic acids is 1. The fraction of sp³-hybridized carbons (Fsp3) is 0.818. The van der Waals surface area contributed by atoms with Gasteiger partial charge >= 0.3 is 0 Å². The van der Waals surface area contributed by atoms with Gasteiger partial charge in [-0.2, -0.15) is 5.26 Å². The molecule has 15 heavy (non-hydrogen) atoms. The third kappa shape index (κ3) is 1.72. The molecule has 0 aromatic carbocycles. The SMILES string of the molecule is COC1CC(NC(=O)C2(C#N)CCC2)C1. The molecule has 0 atom stereocenters. The molecule has 0 spiro atoms. The Morgan fingerprint density at radius 1 is 1.53 bits per heavy atom. The van der Waals surface area contributed by atoms with Crippen LogP contribution in [0.2, 0.25) is 0 Å². The maximum Gasteiger partial charge on any atom is 0.240 e. The molecule has 2 rings (SSSR count). The minimum Gasteiger partial charge on any atom is -0.381 e. The fourth-order valence-corrected chi connectivity index (χ4v) is 2.12. The van der Waals surface area contributed by atoms with E-state index >= 15 is 0 Å². The Morgan fingerprint density at radius 2 is 2.20 bits per heavy atom. The van der Waals surface area contributed by atoms with Crippen molar-refractivity contribution < 1.29 is 9.53 Å². The topological polar surface area (TPSA) is 62.1 Å². The van der Waals surface area contributed by atoms with Gasteiger partial charge in [0.15, 0.2) is 0 Å². The van der Waals surface area contributed by atoms with Crippen molar-refractivity contribution in [3.63, 3.8) is 0 Å². The summed E-state index contributed by atoms with van der Waals surface area (Å²) >= 11 is 0. The monoisotopic (exact) mass is 208 g/mol. The van der Waals surface area contributed by atoms with Crippen molar-refractivity contribution in [2.45, 2.75) is 44.2 Å². The van der Waals surface area contributed by atoms with Crippen molar-refractivity contribution in [1.29, 1.82) is 5.26 Å². The van der Waals surface area contributed by atoms with Crippen LogP contribution in [0.1, 0.15) is 32.1 Å². The van der Waals surface area contributed by atoms with Crippen molar-refractivity contribution >= 4 is 5.91 Å². The summed E-state index contributed by atoms with van der Waals surface area (Å²) in [6, 6.07) is 2.37. The molecule has 0 radical (unpaired) electrons. The predicted octanol–water partition coefficient (Wildman–Crippen LogP) is 0.974. The van der Waals surface area contributed by atoms with Crippen molar-refractivity contribution in [3.8, 4) is 6.07 Å². The molecule has 4 nitrogen and oxygen atoms in total. The Balaban J connectivity index is 1.81. The van der Waals surface area contributed by atoms with Crippen molar-refractivity contribution in [3.05, 3.63) is 0 Å². The highest BCUT2D eigenvalue weighted by Crippen LogP contribution is 2.40. The Kier molecular flexibility index (Phi) is 2.66. The van der Waals surface area contributed by atoms with Gasteiger partial charge in [-0.25, -0.2) is 0 Å².